The first-order chi connectivity index (χ1) is 8.28. The molecule has 2 N–H and O–H groups in total. The number of nitrogens with one attached hydrogen (secondary N) is 1. The van der Waals surface area contributed by atoms with Gasteiger partial charge in [-0.15, -0.1) is 0 Å². The number of aliphatic hydroxyl groups is 1. The van der Waals surface area contributed by atoms with Crippen molar-refractivity contribution in [1.29, 1.82) is 0 Å². The number of carbonyl (C=O) groups excluding carboxylic acids is 1. The van der Waals surface area contributed by atoms with Crippen LogP contribution in [0.1, 0.15) is 19.3 Å². The summed E-state index contributed by atoms with van der Waals surface area (Å²) in [6, 6.07) is 0. The molecule has 2 fully saturated rings. The number of amides is 1. The predicted molar refractivity (Wildman–Crippen MR) is 63.6 cm³/mol. The van der Waals surface area contributed by atoms with Crippen LogP contribution >= 0.6 is 0 Å². The summed E-state index contributed by atoms with van der Waals surface area (Å²) in [5.74, 6) is 0.417. The summed E-state index contributed by atoms with van der Waals surface area (Å²) in [4.78, 5) is 13.8. The fourth-order valence-electron chi connectivity index (χ4n) is 2.50. The van der Waals surface area contributed by atoms with Crippen LogP contribution in [-0.4, -0.2) is 61.4 Å². The second kappa shape index (κ2) is 6.33. The van der Waals surface area contributed by atoms with Gasteiger partial charge in [-0.05, 0) is 31.7 Å². The van der Waals surface area contributed by atoms with Crippen molar-refractivity contribution in [2.24, 2.45) is 5.92 Å². The van der Waals surface area contributed by atoms with Crippen LogP contribution < -0.4 is 5.32 Å². The SMILES string of the molecule is O=C(CN1CC[C@H](CO)C1)NC[C@H]1CCCO1. The highest BCUT2D eigenvalue weighted by molar-refractivity contribution is 5.78. The summed E-state index contributed by atoms with van der Waals surface area (Å²) >= 11 is 0. The Morgan fingerprint density at radius 2 is 2.35 bits per heavy atom. The van der Waals surface area contributed by atoms with Crippen LogP contribution in [-0.2, 0) is 9.53 Å². The average molecular weight is 242 g/mol. The lowest BCUT2D eigenvalue weighted by Crippen LogP contribution is -2.39. The Morgan fingerprint density at radius 3 is 3.00 bits per heavy atom. The van der Waals surface area contributed by atoms with Crippen LogP contribution in [0.5, 0.6) is 0 Å². The van der Waals surface area contributed by atoms with Crippen LogP contribution in [0.2, 0.25) is 0 Å². The van der Waals surface area contributed by atoms with Crippen molar-refractivity contribution in [2.45, 2.75) is 25.4 Å². The molecule has 0 aromatic carbocycles. The van der Waals surface area contributed by atoms with Gasteiger partial charge in [-0.1, -0.05) is 0 Å². The average Bonchev–Trinajstić information content (AvgIpc) is 2.97. The first-order valence-corrected chi connectivity index (χ1v) is 6.49. The normalized spacial score (nSPS) is 29.7. The van der Waals surface area contributed by atoms with Crippen molar-refractivity contribution in [3.05, 3.63) is 0 Å². The van der Waals surface area contributed by atoms with Crippen molar-refractivity contribution in [1.82, 2.24) is 10.2 Å². The van der Waals surface area contributed by atoms with Crippen LogP contribution in [0.25, 0.3) is 0 Å². The molecule has 0 aromatic heterocycles. The minimum absolute atomic E-state index is 0.0686. The monoisotopic (exact) mass is 242 g/mol. The summed E-state index contributed by atoms with van der Waals surface area (Å²) in [5.41, 5.74) is 0. The molecule has 5 nitrogen and oxygen atoms in total. The molecule has 1 amide bonds. The molecule has 2 rings (SSSR count). The maximum atomic E-state index is 11.7. The van der Waals surface area contributed by atoms with Crippen molar-refractivity contribution >= 4 is 5.91 Å². The lowest BCUT2D eigenvalue weighted by molar-refractivity contribution is -0.122. The molecule has 5 heteroatoms. The molecule has 0 unspecified atom stereocenters. The molecular formula is C12H22N2O3. The van der Waals surface area contributed by atoms with Crippen LogP contribution in [0.3, 0.4) is 0 Å². The van der Waals surface area contributed by atoms with E-state index in [0.717, 1.165) is 39.0 Å². The molecule has 0 aliphatic carbocycles. The molecular weight excluding hydrogens is 220 g/mol. The zero-order valence-electron chi connectivity index (χ0n) is 10.2. The highest BCUT2D eigenvalue weighted by atomic mass is 16.5. The Morgan fingerprint density at radius 1 is 1.47 bits per heavy atom. The Bertz CT molecular complexity index is 254. The molecule has 0 saturated carbocycles. The molecule has 0 spiro atoms. The van der Waals surface area contributed by atoms with Gasteiger partial charge in [0.2, 0.25) is 5.91 Å². The smallest absolute Gasteiger partial charge is 0.234 e. The number of nitrogens with zero attached hydrogens (tertiary/aromatic N) is 1. The van der Waals surface area contributed by atoms with Crippen LogP contribution in [0, 0.1) is 5.92 Å². The van der Waals surface area contributed by atoms with E-state index in [-0.39, 0.29) is 18.6 Å². The fraction of sp³-hybridized carbons (Fsp3) is 0.917. The quantitative estimate of drug-likeness (QED) is 0.688. The standard InChI is InChI=1S/C12H22N2O3/c15-9-10-3-4-14(7-10)8-12(16)13-6-11-2-1-5-17-11/h10-11,15H,1-9H2,(H,13,16)/t10-,11+/m0/s1. The maximum Gasteiger partial charge on any atom is 0.234 e. The number of aliphatic hydroxyl groups excluding tert-OH is 1. The van der Waals surface area contributed by atoms with E-state index in [1.54, 1.807) is 0 Å². The summed E-state index contributed by atoms with van der Waals surface area (Å²) < 4.78 is 5.45. The molecule has 2 heterocycles. The van der Waals surface area contributed by atoms with E-state index in [1.807, 2.05) is 0 Å². The lowest BCUT2D eigenvalue weighted by atomic mass is 10.1. The van der Waals surface area contributed by atoms with Gasteiger partial charge < -0.3 is 15.2 Å². The molecule has 0 radical (unpaired) electrons. The Kier molecular flexibility index (Phi) is 4.76. The van der Waals surface area contributed by atoms with E-state index >= 15 is 0 Å². The van der Waals surface area contributed by atoms with Gasteiger partial charge in [-0.25, -0.2) is 0 Å². The molecule has 2 aliphatic rings. The fourth-order valence-corrected chi connectivity index (χ4v) is 2.50. The molecule has 0 bridgehead atoms. The van der Waals surface area contributed by atoms with E-state index in [2.05, 4.69) is 10.2 Å². The Labute approximate surface area is 102 Å². The Hall–Kier alpha value is -0.650. The van der Waals surface area contributed by atoms with E-state index in [9.17, 15) is 4.79 Å². The second-order valence-electron chi connectivity index (χ2n) is 5.01. The van der Waals surface area contributed by atoms with Crippen molar-refractivity contribution in [3.8, 4) is 0 Å². The van der Waals surface area contributed by atoms with E-state index in [1.165, 1.54) is 0 Å². The highest BCUT2D eigenvalue weighted by Gasteiger charge is 2.23. The summed E-state index contributed by atoms with van der Waals surface area (Å²) in [6.45, 7) is 3.89. The number of rotatable bonds is 5. The van der Waals surface area contributed by atoms with Gasteiger partial charge in [0.05, 0.1) is 12.6 Å². The molecule has 98 valence electrons. The summed E-state index contributed by atoms with van der Waals surface area (Å²) in [5, 5.41) is 11.9. The topological polar surface area (TPSA) is 61.8 Å². The minimum atomic E-state index is 0.0686. The van der Waals surface area contributed by atoms with Crippen LogP contribution in [0.4, 0.5) is 0 Å². The zero-order chi connectivity index (χ0) is 12.1. The van der Waals surface area contributed by atoms with Gasteiger partial charge in [-0.3, -0.25) is 9.69 Å². The van der Waals surface area contributed by atoms with E-state index < -0.39 is 0 Å². The van der Waals surface area contributed by atoms with E-state index in [0.29, 0.717) is 19.0 Å². The maximum absolute atomic E-state index is 11.7. The largest absolute Gasteiger partial charge is 0.396 e. The summed E-state index contributed by atoms with van der Waals surface area (Å²) in [7, 11) is 0. The van der Waals surface area contributed by atoms with Gasteiger partial charge in [0, 0.05) is 26.3 Å². The number of ether oxygens (including phenoxy) is 1. The van der Waals surface area contributed by atoms with Crippen molar-refractivity contribution in [2.75, 3.05) is 39.4 Å². The minimum Gasteiger partial charge on any atom is -0.396 e. The predicted octanol–water partition coefficient (Wildman–Crippen LogP) is -0.404. The Balaban J connectivity index is 1.60. The summed E-state index contributed by atoms with van der Waals surface area (Å²) in [6.07, 6.45) is 3.36. The number of hydrogen-bond donors (Lipinski definition) is 2. The van der Waals surface area contributed by atoms with Gasteiger partial charge >= 0.3 is 0 Å². The van der Waals surface area contributed by atoms with Gasteiger partial charge in [0.25, 0.3) is 0 Å². The number of carbonyl (C=O) groups is 1. The van der Waals surface area contributed by atoms with E-state index in [4.69, 9.17) is 9.84 Å². The number of hydrogen-bond acceptors (Lipinski definition) is 4. The van der Waals surface area contributed by atoms with Gasteiger partial charge in [0.15, 0.2) is 0 Å². The molecule has 0 aromatic rings. The molecule has 2 atom stereocenters. The third-order valence-electron chi connectivity index (χ3n) is 3.55. The third-order valence-corrected chi connectivity index (χ3v) is 3.55. The first-order valence-electron chi connectivity index (χ1n) is 6.49. The molecule has 17 heavy (non-hydrogen) atoms. The first kappa shape index (κ1) is 12.8. The van der Waals surface area contributed by atoms with Crippen LogP contribution in [0.15, 0.2) is 0 Å². The zero-order valence-corrected chi connectivity index (χ0v) is 10.2. The molecule has 2 saturated heterocycles. The second-order valence-corrected chi connectivity index (χ2v) is 5.01. The van der Waals surface area contributed by atoms with Gasteiger partial charge in [-0.2, -0.15) is 0 Å². The highest BCUT2D eigenvalue weighted by Crippen LogP contribution is 2.14. The number of likely N-dealkylation sites (tertiary alicyclic amines) is 1. The lowest BCUT2D eigenvalue weighted by Gasteiger charge is -2.16. The third kappa shape index (κ3) is 3.94. The van der Waals surface area contributed by atoms with Gasteiger partial charge in [0.1, 0.15) is 0 Å². The van der Waals surface area contributed by atoms with Crippen molar-refractivity contribution in [3.63, 3.8) is 0 Å². The van der Waals surface area contributed by atoms with Crippen molar-refractivity contribution < 1.29 is 14.6 Å². The molecule has 2 aliphatic heterocycles.